The van der Waals surface area contributed by atoms with Crippen LogP contribution < -0.4 is 16.4 Å². The maximum atomic E-state index is 11.6. The van der Waals surface area contributed by atoms with E-state index in [0.29, 0.717) is 4.47 Å². The lowest BCUT2D eigenvalue weighted by Gasteiger charge is -2.12. The average Bonchev–Trinajstić information content (AvgIpc) is 2.31. The van der Waals surface area contributed by atoms with Crippen LogP contribution in [-0.2, 0) is 4.79 Å². The Morgan fingerprint density at radius 1 is 1.37 bits per heavy atom. The molecule has 7 nitrogen and oxygen atoms in total. The topological polar surface area (TPSA) is 122 Å². The maximum absolute atomic E-state index is 11.6. The first-order chi connectivity index (χ1) is 8.81. The lowest BCUT2D eigenvalue weighted by Crippen LogP contribution is -2.44. The number of rotatable bonds is 4. The van der Waals surface area contributed by atoms with E-state index in [0.717, 1.165) is 0 Å². The third-order valence-corrected chi connectivity index (χ3v) is 2.93. The highest BCUT2D eigenvalue weighted by molar-refractivity contribution is 9.10. The fourth-order valence-electron chi connectivity index (χ4n) is 1.18. The smallest absolute Gasteiger partial charge is 0.335 e. The molecule has 19 heavy (non-hydrogen) atoms. The van der Waals surface area contributed by atoms with Gasteiger partial charge in [0.2, 0.25) is 5.91 Å². The van der Waals surface area contributed by atoms with E-state index in [1.165, 1.54) is 25.1 Å². The molecule has 1 rings (SSSR count). The summed E-state index contributed by atoms with van der Waals surface area (Å²) < 4.78 is 0.513. The van der Waals surface area contributed by atoms with Crippen LogP contribution >= 0.6 is 15.9 Å². The van der Waals surface area contributed by atoms with Crippen LogP contribution in [0, 0.1) is 0 Å². The molecular weight excluding hydrogens is 318 g/mol. The van der Waals surface area contributed by atoms with Crippen molar-refractivity contribution in [2.45, 2.75) is 13.0 Å². The molecule has 0 aliphatic rings. The number of primary amides is 1. The van der Waals surface area contributed by atoms with Gasteiger partial charge in [-0.25, -0.2) is 9.59 Å². The third-order valence-electron chi connectivity index (χ3n) is 2.24. The van der Waals surface area contributed by atoms with Crippen LogP contribution in [0.1, 0.15) is 17.3 Å². The molecule has 8 heteroatoms. The van der Waals surface area contributed by atoms with Crippen LogP contribution in [0.5, 0.6) is 0 Å². The van der Waals surface area contributed by atoms with Gasteiger partial charge in [0.1, 0.15) is 6.04 Å². The molecule has 1 aromatic rings. The molecule has 0 aliphatic carbocycles. The number of anilines is 1. The summed E-state index contributed by atoms with van der Waals surface area (Å²) in [6.07, 6.45) is 0. The Labute approximate surface area is 117 Å². The molecule has 0 heterocycles. The summed E-state index contributed by atoms with van der Waals surface area (Å²) in [7, 11) is 0. The second-order valence-corrected chi connectivity index (χ2v) is 4.58. The summed E-state index contributed by atoms with van der Waals surface area (Å²) in [5, 5.41) is 13.6. The minimum atomic E-state index is -1.11. The summed E-state index contributed by atoms with van der Waals surface area (Å²) in [5.74, 6) is -1.78. The fourth-order valence-corrected chi connectivity index (χ4v) is 1.53. The predicted molar refractivity (Wildman–Crippen MR) is 71.9 cm³/mol. The number of carbonyl (C=O) groups excluding carboxylic acids is 2. The third kappa shape index (κ3) is 4.25. The second-order valence-electron chi connectivity index (χ2n) is 3.72. The van der Waals surface area contributed by atoms with Crippen LogP contribution in [0.2, 0.25) is 0 Å². The molecular formula is C11H12BrN3O4. The van der Waals surface area contributed by atoms with Crippen molar-refractivity contribution in [3.8, 4) is 0 Å². The number of nitrogens with two attached hydrogens (primary N) is 1. The zero-order valence-corrected chi connectivity index (χ0v) is 11.5. The molecule has 0 saturated carbocycles. The number of hydrogen-bond acceptors (Lipinski definition) is 3. The number of hydrogen-bond donors (Lipinski definition) is 4. The number of benzene rings is 1. The number of carboxylic acids is 1. The Morgan fingerprint density at radius 2 is 2.00 bits per heavy atom. The van der Waals surface area contributed by atoms with Gasteiger partial charge >= 0.3 is 12.0 Å². The standard InChI is InChI=1S/C11H12BrN3O4/c1-5(9(13)16)14-11(19)15-8-4-6(10(17)18)2-3-7(8)12/h2-5H,1H3,(H2,13,16)(H,17,18)(H2,14,15,19). The first kappa shape index (κ1) is 15.0. The van der Waals surface area contributed by atoms with Crippen molar-refractivity contribution in [1.29, 1.82) is 0 Å². The highest BCUT2D eigenvalue weighted by Gasteiger charge is 2.14. The summed E-state index contributed by atoms with van der Waals surface area (Å²) in [4.78, 5) is 33.2. The van der Waals surface area contributed by atoms with Gasteiger partial charge < -0.3 is 21.5 Å². The van der Waals surface area contributed by atoms with Crippen molar-refractivity contribution in [2.24, 2.45) is 5.73 Å². The van der Waals surface area contributed by atoms with Crippen LogP contribution in [0.3, 0.4) is 0 Å². The molecule has 102 valence electrons. The normalized spacial score (nSPS) is 11.5. The van der Waals surface area contributed by atoms with Crippen molar-refractivity contribution < 1.29 is 19.5 Å². The molecule has 3 amide bonds. The lowest BCUT2D eigenvalue weighted by atomic mass is 10.2. The Morgan fingerprint density at radius 3 is 2.53 bits per heavy atom. The van der Waals surface area contributed by atoms with Crippen LogP contribution in [0.15, 0.2) is 22.7 Å². The number of carbonyl (C=O) groups is 3. The van der Waals surface area contributed by atoms with E-state index >= 15 is 0 Å². The fraction of sp³-hybridized carbons (Fsp3) is 0.182. The van der Waals surface area contributed by atoms with E-state index in [4.69, 9.17) is 10.8 Å². The number of nitrogens with one attached hydrogen (secondary N) is 2. The van der Waals surface area contributed by atoms with Crippen molar-refractivity contribution >= 4 is 39.5 Å². The Bertz CT molecular complexity index is 533. The Kier molecular flexibility index (Phi) is 4.87. The first-order valence-electron chi connectivity index (χ1n) is 5.21. The molecule has 1 aromatic carbocycles. The number of carboxylic acid groups (broad SMARTS) is 1. The van der Waals surface area contributed by atoms with Crippen molar-refractivity contribution in [2.75, 3.05) is 5.32 Å². The van der Waals surface area contributed by atoms with Gasteiger partial charge in [0, 0.05) is 4.47 Å². The van der Waals surface area contributed by atoms with Gasteiger partial charge in [0.05, 0.1) is 11.3 Å². The molecule has 1 atom stereocenters. The largest absolute Gasteiger partial charge is 0.478 e. The zero-order valence-electron chi connectivity index (χ0n) is 9.94. The summed E-state index contributed by atoms with van der Waals surface area (Å²) in [5.41, 5.74) is 5.30. The summed E-state index contributed by atoms with van der Waals surface area (Å²) in [6, 6.07) is 2.69. The van der Waals surface area contributed by atoms with Gasteiger partial charge in [-0.05, 0) is 41.1 Å². The van der Waals surface area contributed by atoms with Gasteiger partial charge in [-0.3, -0.25) is 4.79 Å². The molecule has 0 radical (unpaired) electrons. The molecule has 1 unspecified atom stereocenters. The lowest BCUT2D eigenvalue weighted by molar-refractivity contribution is -0.119. The van der Waals surface area contributed by atoms with E-state index in [1.54, 1.807) is 0 Å². The minimum absolute atomic E-state index is 0.0291. The van der Waals surface area contributed by atoms with Gasteiger partial charge in [0.25, 0.3) is 0 Å². The SMILES string of the molecule is CC(NC(=O)Nc1cc(C(=O)O)ccc1Br)C(N)=O. The van der Waals surface area contributed by atoms with E-state index in [-0.39, 0.29) is 11.3 Å². The quantitative estimate of drug-likeness (QED) is 0.661. The van der Waals surface area contributed by atoms with E-state index < -0.39 is 23.9 Å². The molecule has 0 aliphatic heterocycles. The summed E-state index contributed by atoms with van der Waals surface area (Å²) >= 11 is 3.18. The van der Waals surface area contributed by atoms with Crippen LogP contribution in [-0.4, -0.2) is 29.1 Å². The highest BCUT2D eigenvalue weighted by atomic mass is 79.9. The first-order valence-corrected chi connectivity index (χ1v) is 6.00. The van der Waals surface area contributed by atoms with Gasteiger partial charge in [-0.1, -0.05) is 0 Å². The Hall–Kier alpha value is -2.09. The van der Waals surface area contributed by atoms with Crippen LogP contribution in [0.25, 0.3) is 0 Å². The molecule has 0 bridgehead atoms. The highest BCUT2D eigenvalue weighted by Crippen LogP contribution is 2.23. The van der Waals surface area contributed by atoms with E-state index in [2.05, 4.69) is 26.6 Å². The number of halogens is 1. The van der Waals surface area contributed by atoms with Crippen LogP contribution in [0.4, 0.5) is 10.5 Å². The average molecular weight is 330 g/mol. The Balaban J connectivity index is 2.81. The van der Waals surface area contributed by atoms with Gasteiger partial charge in [-0.15, -0.1) is 0 Å². The van der Waals surface area contributed by atoms with Gasteiger partial charge in [-0.2, -0.15) is 0 Å². The molecule has 0 saturated heterocycles. The maximum Gasteiger partial charge on any atom is 0.335 e. The number of amides is 3. The van der Waals surface area contributed by atoms with E-state index in [9.17, 15) is 14.4 Å². The zero-order chi connectivity index (χ0) is 14.6. The molecule has 0 fully saturated rings. The molecule has 5 N–H and O–H groups in total. The minimum Gasteiger partial charge on any atom is -0.478 e. The van der Waals surface area contributed by atoms with Crippen molar-refractivity contribution in [3.63, 3.8) is 0 Å². The van der Waals surface area contributed by atoms with Crippen molar-refractivity contribution in [1.82, 2.24) is 5.32 Å². The number of aromatic carboxylic acids is 1. The predicted octanol–water partition coefficient (Wildman–Crippen LogP) is 1.14. The molecule has 0 aromatic heterocycles. The van der Waals surface area contributed by atoms with Gasteiger partial charge in [0.15, 0.2) is 0 Å². The monoisotopic (exact) mass is 329 g/mol. The van der Waals surface area contributed by atoms with Crippen molar-refractivity contribution in [3.05, 3.63) is 28.2 Å². The molecule has 0 spiro atoms. The second kappa shape index (κ2) is 6.19. The van der Waals surface area contributed by atoms with E-state index in [1.807, 2.05) is 0 Å². The summed E-state index contributed by atoms with van der Waals surface area (Å²) in [6.45, 7) is 1.44. The number of urea groups is 1.